The summed E-state index contributed by atoms with van der Waals surface area (Å²) in [4.78, 5) is 11.1. The van der Waals surface area contributed by atoms with Gasteiger partial charge in [-0.2, -0.15) is 0 Å². The number of benzene rings is 1. The van der Waals surface area contributed by atoms with Gasteiger partial charge in [-0.3, -0.25) is 0 Å². The smallest absolute Gasteiger partial charge is 0.129 e. The Hall–Kier alpha value is -1.56. The molecule has 3 heterocycles. The largest absolute Gasteiger partial charge is 0.357 e. The fourth-order valence-corrected chi connectivity index (χ4v) is 4.88. The Balaban J connectivity index is 1.36. The number of piperazine rings is 1. The third-order valence-electron chi connectivity index (χ3n) is 6.29. The van der Waals surface area contributed by atoms with Crippen molar-refractivity contribution in [2.24, 2.45) is 0 Å². The number of anilines is 1. The van der Waals surface area contributed by atoms with Gasteiger partial charge in [0.2, 0.25) is 0 Å². The van der Waals surface area contributed by atoms with E-state index in [1.165, 1.54) is 66.7 Å². The van der Waals surface area contributed by atoms with Crippen molar-refractivity contribution in [3.8, 4) is 0 Å². The van der Waals surface area contributed by atoms with Gasteiger partial charge < -0.3 is 15.1 Å². The van der Waals surface area contributed by atoms with E-state index in [-0.39, 0.29) is 0 Å². The Morgan fingerprint density at radius 2 is 1.86 bits per heavy atom. The molecule has 29 heavy (non-hydrogen) atoms. The minimum Gasteiger partial charge on any atom is -0.357 e. The van der Waals surface area contributed by atoms with E-state index in [9.17, 15) is 0 Å². The second-order valence-corrected chi connectivity index (χ2v) is 9.18. The normalized spacial score (nSPS) is 18.3. The lowest BCUT2D eigenvalue weighted by molar-refractivity contribution is 0.240. The number of hydrogen-bond donors (Lipinski definition) is 1. The summed E-state index contributed by atoms with van der Waals surface area (Å²) in [5, 5.41) is 4.68. The molecule has 2 aromatic rings. The number of pyridine rings is 1. The zero-order chi connectivity index (χ0) is 20.1. The van der Waals surface area contributed by atoms with Crippen LogP contribution < -0.4 is 10.2 Å². The zero-order valence-electron chi connectivity index (χ0n) is 17.8. The second kappa shape index (κ2) is 9.96. The van der Waals surface area contributed by atoms with Crippen LogP contribution in [0.5, 0.6) is 0 Å². The van der Waals surface area contributed by atoms with Crippen LogP contribution in [0.2, 0.25) is 0 Å². The lowest BCUT2D eigenvalue weighted by Gasteiger charge is -2.28. The Morgan fingerprint density at radius 3 is 2.66 bits per heavy atom. The number of rotatable bonds is 7. The number of nitrogens with one attached hydrogen (secondary N) is 1. The van der Waals surface area contributed by atoms with E-state index in [2.05, 4.69) is 46.3 Å². The van der Waals surface area contributed by atoms with E-state index in [0.717, 1.165) is 50.4 Å². The molecule has 156 valence electrons. The van der Waals surface area contributed by atoms with E-state index < -0.39 is 0 Å². The van der Waals surface area contributed by atoms with Gasteiger partial charge in [0.05, 0.1) is 5.52 Å². The summed E-state index contributed by atoms with van der Waals surface area (Å²) < 4.78 is 0. The first-order valence-electron chi connectivity index (χ1n) is 11.3. The quantitative estimate of drug-likeness (QED) is 0.694. The number of nitrogens with zero attached hydrogens (tertiary/aromatic N) is 3. The average Bonchev–Trinajstić information content (AvgIpc) is 2.75. The van der Waals surface area contributed by atoms with Crippen molar-refractivity contribution in [3.05, 3.63) is 35.4 Å². The molecule has 1 aromatic heterocycles. The Morgan fingerprint density at radius 1 is 1.07 bits per heavy atom. The summed E-state index contributed by atoms with van der Waals surface area (Å²) in [6.45, 7) is 10.2. The molecule has 2 aliphatic heterocycles. The molecule has 0 saturated carbocycles. The Kier molecular flexibility index (Phi) is 7.11. The second-order valence-electron chi connectivity index (χ2n) is 8.61. The first-order chi connectivity index (χ1) is 14.2. The molecule has 2 aliphatic rings. The minimum absolute atomic E-state index is 0.903. The van der Waals surface area contributed by atoms with Crippen LogP contribution in [-0.2, 0) is 6.42 Å². The third-order valence-corrected chi connectivity index (χ3v) is 6.64. The van der Waals surface area contributed by atoms with Crippen molar-refractivity contribution in [2.45, 2.75) is 45.4 Å². The summed E-state index contributed by atoms with van der Waals surface area (Å²) >= 11 is 5.71. The number of piperidine rings is 1. The van der Waals surface area contributed by atoms with Crippen LogP contribution in [0.25, 0.3) is 10.9 Å². The lowest BCUT2D eigenvalue weighted by Crippen LogP contribution is -2.43. The van der Waals surface area contributed by atoms with Crippen molar-refractivity contribution in [2.75, 3.05) is 50.7 Å². The van der Waals surface area contributed by atoms with Crippen molar-refractivity contribution in [3.63, 3.8) is 0 Å². The van der Waals surface area contributed by atoms with Crippen LogP contribution in [0.1, 0.15) is 43.2 Å². The summed E-state index contributed by atoms with van der Waals surface area (Å²) in [6.07, 6.45) is 7.03. The fraction of sp³-hybridized carbons (Fsp3) is 0.583. The Labute approximate surface area is 180 Å². The molecule has 0 aliphatic carbocycles. The van der Waals surface area contributed by atoms with E-state index in [0.29, 0.717) is 0 Å². The van der Waals surface area contributed by atoms with E-state index >= 15 is 0 Å². The van der Waals surface area contributed by atoms with Gasteiger partial charge in [-0.25, -0.2) is 4.98 Å². The summed E-state index contributed by atoms with van der Waals surface area (Å²) in [5.74, 6) is 1.14. The standard InChI is InChI=1S/C24H34N4S/c1-19-16-24(28-12-3-2-4-13-28)26-23-8-7-20(18-22(19)23)17-21(29)6-5-11-27-14-9-25-10-15-27/h7-8,16,18,25H,2-6,9-15,17H2,1H3. The highest BCUT2D eigenvalue weighted by molar-refractivity contribution is 7.80. The number of aryl methyl sites for hydroxylation is 1. The van der Waals surface area contributed by atoms with Gasteiger partial charge in [-0.05, 0) is 79.8 Å². The highest BCUT2D eigenvalue weighted by Crippen LogP contribution is 2.26. The maximum atomic E-state index is 5.71. The molecule has 2 saturated heterocycles. The fourth-order valence-electron chi connectivity index (χ4n) is 4.57. The molecule has 0 spiro atoms. The summed E-state index contributed by atoms with van der Waals surface area (Å²) in [5.41, 5.74) is 3.75. The van der Waals surface area contributed by atoms with Crippen molar-refractivity contribution < 1.29 is 0 Å². The van der Waals surface area contributed by atoms with Gasteiger partial charge in [-0.1, -0.05) is 18.3 Å². The SMILES string of the molecule is Cc1cc(N2CCCCC2)nc2ccc(CC(=S)CCCN3CCNCC3)cc12. The van der Waals surface area contributed by atoms with Crippen LogP contribution in [0, 0.1) is 6.92 Å². The van der Waals surface area contributed by atoms with Crippen LogP contribution in [0.3, 0.4) is 0 Å². The molecule has 1 aromatic carbocycles. The topological polar surface area (TPSA) is 31.4 Å². The molecule has 4 nitrogen and oxygen atoms in total. The van der Waals surface area contributed by atoms with Crippen LogP contribution in [0.15, 0.2) is 24.3 Å². The molecule has 0 bridgehead atoms. The minimum atomic E-state index is 0.903. The number of thiocarbonyl (C=S) groups is 1. The highest BCUT2D eigenvalue weighted by Gasteiger charge is 2.14. The highest BCUT2D eigenvalue weighted by atomic mass is 32.1. The zero-order valence-corrected chi connectivity index (χ0v) is 18.6. The van der Waals surface area contributed by atoms with E-state index in [1.807, 2.05) is 0 Å². The molecule has 0 amide bonds. The van der Waals surface area contributed by atoms with E-state index in [4.69, 9.17) is 17.2 Å². The monoisotopic (exact) mass is 410 g/mol. The molecule has 1 N–H and O–H groups in total. The average molecular weight is 411 g/mol. The Bertz CT molecular complexity index is 838. The molecule has 0 unspecified atom stereocenters. The van der Waals surface area contributed by atoms with Gasteiger partial charge in [-0.15, -0.1) is 0 Å². The van der Waals surface area contributed by atoms with E-state index in [1.54, 1.807) is 0 Å². The van der Waals surface area contributed by atoms with Crippen molar-refractivity contribution in [1.29, 1.82) is 0 Å². The van der Waals surface area contributed by atoms with Crippen LogP contribution in [-0.4, -0.2) is 60.6 Å². The molecule has 0 radical (unpaired) electrons. The molecule has 5 heteroatoms. The molecule has 2 fully saturated rings. The molecule has 0 atom stereocenters. The maximum absolute atomic E-state index is 5.71. The predicted octanol–water partition coefficient (Wildman–Crippen LogP) is 4.13. The van der Waals surface area contributed by atoms with Crippen molar-refractivity contribution >= 4 is 33.8 Å². The number of aromatic nitrogens is 1. The van der Waals surface area contributed by atoms with Crippen molar-refractivity contribution in [1.82, 2.24) is 15.2 Å². The van der Waals surface area contributed by atoms with Gasteiger partial charge in [0.1, 0.15) is 5.82 Å². The predicted molar refractivity (Wildman–Crippen MR) is 127 cm³/mol. The van der Waals surface area contributed by atoms with Crippen LogP contribution in [0.4, 0.5) is 5.82 Å². The van der Waals surface area contributed by atoms with Gasteiger partial charge in [0, 0.05) is 51.1 Å². The van der Waals surface area contributed by atoms with Crippen LogP contribution >= 0.6 is 12.2 Å². The molecular formula is C24H34N4S. The van der Waals surface area contributed by atoms with Gasteiger partial charge >= 0.3 is 0 Å². The van der Waals surface area contributed by atoms with Gasteiger partial charge in [0.25, 0.3) is 0 Å². The number of hydrogen-bond acceptors (Lipinski definition) is 5. The lowest BCUT2D eigenvalue weighted by atomic mass is 10.0. The third kappa shape index (κ3) is 5.53. The summed E-state index contributed by atoms with van der Waals surface area (Å²) in [6, 6.07) is 8.98. The molecule has 4 rings (SSSR count). The first-order valence-corrected chi connectivity index (χ1v) is 11.7. The first kappa shape index (κ1) is 20.7. The number of fused-ring (bicyclic) bond motifs is 1. The molecular weight excluding hydrogens is 376 g/mol. The van der Waals surface area contributed by atoms with Gasteiger partial charge in [0.15, 0.2) is 0 Å². The maximum Gasteiger partial charge on any atom is 0.129 e. The summed E-state index contributed by atoms with van der Waals surface area (Å²) in [7, 11) is 0.